The number of carbonyl (C=O) groups excluding carboxylic acids is 1. The number of hydrogen-bond acceptors (Lipinski definition) is 3. The smallest absolute Gasteiger partial charge is 0.244 e. The minimum absolute atomic E-state index is 0.0753. The maximum absolute atomic E-state index is 12.4. The van der Waals surface area contributed by atoms with E-state index in [-0.39, 0.29) is 11.9 Å². The first-order chi connectivity index (χ1) is 13.7. The van der Waals surface area contributed by atoms with Crippen molar-refractivity contribution in [1.82, 2.24) is 14.9 Å². The van der Waals surface area contributed by atoms with Crippen LogP contribution in [0.5, 0.6) is 0 Å². The molecule has 1 heterocycles. The average Bonchev–Trinajstić information content (AvgIpc) is 3.38. The van der Waals surface area contributed by atoms with Crippen LogP contribution in [0.4, 0.5) is 0 Å². The number of imidazole rings is 1. The van der Waals surface area contributed by atoms with Gasteiger partial charge in [-0.1, -0.05) is 30.3 Å². The average molecular weight is 373 g/mol. The van der Waals surface area contributed by atoms with Crippen LogP contribution in [0.15, 0.2) is 67.3 Å². The van der Waals surface area contributed by atoms with Crippen LogP contribution in [-0.2, 0) is 22.6 Å². The third-order valence-corrected chi connectivity index (χ3v) is 5.06. The van der Waals surface area contributed by atoms with Crippen LogP contribution in [-0.4, -0.2) is 22.6 Å². The summed E-state index contributed by atoms with van der Waals surface area (Å²) in [4.78, 5) is 16.5. The number of hydrogen-bond donors (Lipinski definition) is 1. The van der Waals surface area contributed by atoms with Crippen LogP contribution in [0, 0.1) is 0 Å². The number of amides is 1. The number of fused-ring (bicyclic) bond motifs is 1. The summed E-state index contributed by atoms with van der Waals surface area (Å²) in [5.74, 6) is -0.0753. The highest BCUT2D eigenvalue weighted by Crippen LogP contribution is 2.30. The highest BCUT2D eigenvalue weighted by atomic mass is 16.5. The van der Waals surface area contributed by atoms with E-state index in [2.05, 4.69) is 22.4 Å². The van der Waals surface area contributed by atoms with E-state index in [1.807, 2.05) is 47.2 Å². The Morgan fingerprint density at radius 3 is 3.04 bits per heavy atom. The Bertz CT molecular complexity index is 993. The summed E-state index contributed by atoms with van der Waals surface area (Å²) in [7, 11) is 1.67. The lowest BCUT2D eigenvalue weighted by atomic mass is 10.1. The maximum atomic E-state index is 12.4. The summed E-state index contributed by atoms with van der Waals surface area (Å²) in [5, 5.41) is 3.12. The quantitative estimate of drug-likeness (QED) is 0.668. The molecule has 1 aromatic heterocycles. The maximum Gasteiger partial charge on any atom is 0.244 e. The fourth-order valence-corrected chi connectivity index (χ4v) is 3.73. The first kappa shape index (κ1) is 18.2. The van der Waals surface area contributed by atoms with Crippen LogP contribution >= 0.6 is 0 Å². The molecule has 0 bridgehead atoms. The summed E-state index contributed by atoms with van der Waals surface area (Å²) in [6.07, 6.45) is 10.8. The normalized spacial score (nSPS) is 15.7. The molecule has 0 fully saturated rings. The fraction of sp³-hybridized carbons (Fsp3) is 0.217. The van der Waals surface area contributed by atoms with Crippen LogP contribution < -0.4 is 5.32 Å². The highest BCUT2D eigenvalue weighted by molar-refractivity contribution is 5.92. The van der Waals surface area contributed by atoms with Crippen molar-refractivity contribution in [3.05, 3.63) is 89.5 Å². The van der Waals surface area contributed by atoms with Crippen molar-refractivity contribution in [2.24, 2.45) is 0 Å². The molecule has 2 aromatic carbocycles. The lowest BCUT2D eigenvalue weighted by Gasteiger charge is -2.12. The Kier molecular flexibility index (Phi) is 5.35. The second-order valence-corrected chi connectivity index (χ2v) is 6.92. The lowest BCUT2D eigenvalue weighted by Crippen LogP contribution is -2.25. The molecular weight excluding hydrogens is 350 g/mol. The molecular formula is C23H23N3O2. The zero-order chi connectivity index (χ0) is 19.3. The van der Waals surface area contributed by atoms with E-state index in [9.17, 15) is 4.79 Å². The largest absolute Gasteiger partial charge is 0.380 e. The molecule has 3 aromatic rings. The second kappa shape index (κ2) is 8.23. The number of aromatic nitrogens is 2. The van der Waals surface area contributed by atoms with Gasteiger partial charge in [-0.3, -0.25) is 4.79 Å². The Balaban J connectivity index is 1.47. The van der Waals surface area contributed by atoms with E-state index in [1.54, 1.807) is 25.7 Å². The van der Waals surface area contributed by atoms with E-state index >= 15 is 0 Å². The molecule has 0 radical (unpaired) electrons. The Morgan fingerprint density at radius 2 is 2.21 bits per heavy atom. The van der Waals surface area contributed by atoms with Gasteiger partial charge in [0.2, 0.25) is 5.91 Å². The molecule has 5 nitrogen and oxygen atoms in total. The van der Waals surface area contributed by atoms with E-state index in [0.717, 1.165) is 29.7 Å². The van der Waals surface area contributed by atoms with Gasteiger partial charge < -0.3 is 14.6 Å². The van der Waals surface area contributed by atoms with Crippen LogP contribution in [0.2, 0.25) is 0 Å². The summed E-state index contributed by atoms with van der Waals surface area (Å²) in [6.45, 7) is 0.486. The van der Waals surface area contributed by atoms with Crippen LogP contribution in [0.1, 0.15) is 34.7 Å². The molecule has 1 N–H and O–H groups in total. The lowest BCUT2D eigenvalue weighted by molar-refractivity contribution is -0.117. The number of rotatable bonds is 6. The molecule has 5 heteroatoms. The van der Waals surface area contributed by atoms with Crippen molar-refractivity contribution in [2.75, 3.05) is 7.11 Å². The summed E-state index contributed by atoms with van der Waals surface area (Å²) in [6, 6.07) is 14.4. The Hall–Kier alpha value is -3.18. The number of nitrogens with zero attached hydrogens (tertiary/aromatic N) is 2. The van der Waals surface area contributed by atoms with Gasteiger partial charge in [0.1, 0.15) is 0 Å². The van der Waals surface area contributed by atoms with Gasteiger partial charge in [-0.2, -0.15) is 0 Å². The molecule has 1 aliphatic rings. The number of carbonyl (C=O) groups is 1. The summed E-state index contributed by atoms with van der Waals surface area (Å²) < 4.78 is 7.28. The van der Waals surface area contributed by atoms with Crippen molar-refractivity contribution in [3.63, 3.8) is 0 Å². The number of nitrogens with one attached hydrogen (secondary N) is 1. The zero-order valence-electron chi connectivity index (χ0n) is 15.8. The molecule has 0 aliphatic heterocycles. The van der Waals surface area contributed by atoms with Crippen LogP contribution in [0.25, 0.3) is 11.8 Å². The molecule has 0 spiro atoms. The van der Waals surface area contributed by atoms with Gasteiger partial charge in [-0.15, -0.1) is 0 Å². The summed E-state index contributed by atoms with van der Waals surface area (Å²) >= 11 is 0. The third kappa shape index (κ3) is 3.89. The van der Waals surface area contributed by atoms with Gasteiger partial charge in [-0.25, -0.2) is 4.98 Å². The summed E-state index contributed by atoms with van der Waals surface area (Å²) in [5.41, 5.74) is 5.57. The molecule has 1 unspecified atom stereocenters. The van der Waals surface area contributed by atoms with Crippen molar-refractivity contribution < 1.29 is 9.53 Å². The van der Waals surface area contributed by atoms with E-state index in [1.165, 1.54) is 11.1 Å². The van der Waals surface area contributed by atoms with E-state index in [0.29, 0.717) is 6.61 Å². The van der Waals surface area contributed by atoms with Crippen LogP contribution in [0.3, 0.4) is 0 Å². The molecule has 1 atom stereocenters. The van der Waals surface area contributed by atoms with Crippen molar-refractivity contribution >= 4 is 12.0 Å². The van der Waals surface area contributed by atoms with Gasteiger partial charge in [0.15, 0.2) is 0 Å². The minimum atomic E-state index is -0.0753. The Morgan fingerprint density at radius 1 is 1.32 bits per heavy atom. The SMILES string of the molecule is COCc1cc(/C=C/C(=O)NC2CCc3ccccc32)ccc1-n1ccnc1. The topological polar surface area (TPSA) is 56.1 Å². The molecule has 0 saturated carbocycles. The monoisotopic (exact) mass is 373 g/mol. The molecule has 1 amide bonds. The van der Waals surface area contributed by atoms with Crippen molar-refractivity contribution in [1.29, 1.82) is 0 Å². The first-order valence-corrected chi connectivity index (χ1v) is 9.41. The van der Waals surface area contributed by atoms with Gasteiger partial charge in [0.05, 0.1) is 24.7 Å². The van der Waals surface area contributed by atoms with Crippen molar-refractivity contribution in [3.8, 4) is 5.69 Å². The molecule has 4 rings (SSSR count). The van der Waals surface area contributed by atoms with Gasteiger partial charge in [-0.05, 0) is 47.7 Å². The number of ether oxygens (including phenoxy) is 1. The molecule has 1 aliphatic carbocycles. The minimum Gasteiger partial charge on any atom is -0.380 e. The molecule has 0 saturated heterocycles. The predicted molar refractivity (Wildman–Crippen MR) is 109 cm³/mol. The zero-order valence-corrected chi connectivity index (χ0v) is 15.8. The first-order valence-electron chi connectivity index (χ1n) is 9.41. The Labute approximate surface area is 164 Å². The van der Waals surface area contributed by atoms with Gasteiger partial charge in [0, 0.05) is 31.1 Å². The molecule has 142 valence electrons. The van der Waals surface area contributed by atoms with E-state index < -0.39 is 0 Å². The number of benzene rings is 2. The van der Waals surface area contributed by atoms with Crippen molar-refractivity contribution in [2.45, 2.75) is 25.5 Å². The van der Waals surface area contributed by atoms with E-state index in [4.69, 9.17) is 4.74 Å². The standard InChI is InChI=1S/C23H23N3O2/c1-28-15-19-14-17(6-10-22(19)26-13-12-24-16-26)7-11-23(27)25-21-9-8-18-4-2-3-5-20(18)21/h2-7,10-14,16,21H,8-9,15H2,1H3,(H,25,27)/b11-7+. The number of methoxy groups -OCH3 is 1. The van der Waals surface area contributed by atoms with Gasteiger partial charge >= 0.3 is 0 Å². The molecule has 28 heavy (non-hydrogen) atoms. The second-order valence-electron chi connectivity index (χ2n) is 6.92. The fourth-order valence-electron chi connectivity index (χ4n) is 3.73. The predicted octanol–water partition coefficient (Wildman–Crippen LogP) is 3.84. The highest BCUT2D eigenvalue weighted by Gasteiger charge is 2.22. The number of aryl methyl sites for hydroxylation is 1. The third-order valence-electron chi connectivity index (χ3n) is 5.06. The van der Waals surface area contributed by atoms with Gasteiger partial charge in [0.25, 0.3) is 0 Å².